The quantitative estimate of drug-likeness (QED) is 0.716. The van der Waals surface area contributed by atoms with Crippen LogP contribution in [0, 0.1) is 17.2 Å². The third-order valence-corrected chi connectivity index (χ3v) is 3.07. The van der Waals surface area contributed by atoms with Crippen molar-refractivity contribution < 1.29 is 0 Å². The number of hydrogen-bond donors (Lipinski definition) is 0. The molecule has 1 fully saturated rings. The molecule has 0 aromatic carbocycles. The lowest BCUT2D eigenvalue weighted by molar-refractivity contribution is 0.436. The Kier molecular flexibility index (Phi) is 2.53. The highest BCUT2D eigenvalue weighted by Crippen LogP contribution is 2.35. The Balaban J connectivity index is 2.26. The average molecular weight is 189 g/mol. The van der Waals surface area contributed by atoms with Crippen molar-refractivity contribution in [3.05, 3.63) is 18.2 Å². The first-order chi connectivity index (χ1) is 6.86. The number of nitriles is 1. The predicted octanol–water partition coefficient (Wildman–Crippen LogP) is 2.31. The number of imidazole rings is 1. The van der Waals surface area contributed by atoms with E-state index in [0.29, 0.717) is 6.04 Å². The van der Waals surface area contributed by atoms with Gasteiger partial charge in [0.2, 0.25) is 0 Å². The van der Waals surface area contributed by atoms with Gasteiger partial charge in [-0.2, -0.15) is 5.26 Å². The Labute approximate surface area is 84.4 Å². The SMILES string of the molecule is CCc1nccn1C1CCCC1C#N. The molecule has 2 unspecified atom stereocenters. The van der Waals surface area contributed by atoms with Crippen LogP contribution < -0.4 is 0 Å². The molecule has 1 aromatic rings. The highest BCUT2D eigenvalue weighted by molar-refractivity contribution is 5.02. The lowest BCUT2D eigenvalue weighted by Gasteiger charge is -2.17. The summed E-state index contributed by atoms with van der Waals surface area (Å²) in [6, 6.07) is 2.78. The number of nitrogens with zero attached hydrogens (tertiary/aromatic N) is 3. The van der Waals surface area contributed by atoms with Gasteiger partial charge < -0.3 is 4.57 Å². The molecule has 3 heteroatoms. The van der Waals surface area contributed by atoms with Gasteiger partial charge in [-0.1, -0.05) is 6.92 Å². The first-order valence-corrected chi connectivity index (χ1v) is 5.28. The Hall–Kier alpha value is -1.30. The highest BCUT2D eigenvalue weighted by Gasteiger charge is 2.29. The molecule has 0 N–H and O–H groups in total. The molecule has 0 amide bonds. The standard InChI is InChI=1S/C11H15N3/c1-2-11-13-6-7-14(11)10-5-3-4-9(10)8-12/h6-7,9-10H,2-5H2,1H3. The topological polar surface area (TPSA) is 41.6 Å². The van der Waals surface area contributed by atoms with E-state index in [1.54, 1.807) is 0 Å². The molecule has 1 aromatic heterocycles. The fraction of sp³-hybridized carbons (Fsp3) is 0.636. The van der Waals surface area contributed by atoms with Crippen molar-refractivity contribution in [2.45, 2.75) is 38.6 Å². The van der Waals surface area contributed by atoms with Gasteiger partial charge in [-0.05, 0) is 19.3 Å². The monoisotopic (exact) mass is 189 g/mol. The lowest BCUT2D eigenvalue weighted by Crippen LogP contribution is -2.14. The van der Waals surface area contributed by atoms with Gasteiger partial charge in [0.05, 0.1) is 18.0 Å². The zero-order valence-electron chi connectivity index (χ0n) is 8.48. The van der Waals surface area contributed by atoms with Gasteiger partial charge in [0.15, 0.2) is 0 Å². The maximum absolute atomic E-state index is 9.02. The highest BCUT2D eigenvalue weighted by atomic mass is 15.1. The summed E-state index contributed by atoms with van der Waals surface area (Å²) in [5.41, 5.74) is 0. The van der Waals surface area contributed by atoms with Crippen LogP contribution >= 0.6 is 0 Å². The van der Waals surface area contributed by atoms with Gasteiger partial charge in [-0.3, -0.25) is 0 Å². The van der Waals surface area contributed by atoms with Crippen LogP contribution in [0.1, 0.15) is 38.1 Å². The van der Waals surface area contributed by atoms with Gasteiger partial charge in [0, 0.05) is 18.8 Å². The molecule has 3 nitrogen and oxygen atoms in total. The second kappa shape index (κ2) is 3.83. The van der Waals surface area contributed by atoms with Crippen molar-refractivity contribution >= 4 is 0 Å². The molecule has 0 bridgehead atoms. The largest absolute Gasteiger partial charge is 0.331 e. The van der Waals surface area contributed by atoms with Crippen molar-refractivity contribution in [3.63, 3.8) is 0 Å². The minimum absolute atomic E-state index is 0.189. The molecule has 2 rings (SSSR count). The Morgan fingerprint density at radius 3 is 3.21 bits per heavy atom. The maximum atomic E-state index is 9.02. The predicted molar refractivity (Wildman–Crippen MR) is 53.6 cm³/mol. The Morgan fingerprint density at radius 2 is 2.50 bits per heavy atom. The molecule has 0 aliphatic heterocycles. The normalized spacial score (nSPS) is 26.3. The zero-order valence-corrected chi connectivity index (χ0v) is 8.48. The number of rotatable bonds is 2. The van der Waals surface area contributed by atoms with E-state index < -0.39 is 0 Å². The molecule has 14 heavy (non-hydrogen) atoms. The average Bonchev–Trinajstić information content (AvgIpc) is 2.85. The number of aryl methyl sites for hydroxylation is 1. The molecule has 1 heterocycles. The second-order valence-electron chi connectivity index (χ2n) is 3.84. The first kappa shape index (κ1) is 9.26. The fourth-order valence-corrected chi connectivity index (χ4v) is 2.34. The summed E-state index contributed by atoms with van der Waals surface area (Å²) in [4.78, 5) is 4.30. The first-order valence-electron chi connectivity index (χ1n) is 5.28. The van der Waals surface area contributed by atoms with Gasteiger partial charge in [0.25, 0.3) is 0 Å². The van der Waals surface area contributed by atoms with Crippen LogP contribution in [0.4, 0.5) is 0 Å². The van der Waals surface area contributed by atoms with Crippen molar-refractivity contribution in [3.8, 4) is 6.07 Å². The zero-order chi connectivity index (χ0) is 9.97. The van der Waals surface area contributed by atoms with Crippen LogP contribution in [0.3, 0.4) is 0 Å². The molecule has 2 atom stereocenters. The summed E-state index contributed by atoms with van der Waals surface area (Å²) < 4.78 is 2.20. The third kappa shape index (κ3) is 1.41. The maximum Gasteiger partial charge on any atom is 0.108 e. The summed E-state index contributed by atoms with van der Waals surface area (Å²) in [5.74, 6) is 1.30. The van der Waals surface area contributed by atoms with E-state index in [2.05, 4.69) is 22.5 Å². The van der Waals surface area contributed by atoms with Crippen LogP contribution in [0.25, 0.3) is 0 Å². The minimum Gasteiger partial charge on any atom is -0.331 e. The molecule has 0 spiro atoms. The van der Waals surface area contributed by atoms with Crippen molar-refractivity contribution in [1.82, 2.24) is 9.55 Å². The van der Waals surface area contributed by atoms with Crippen LogP contribution in [0.2, 0.25) is 0 Å². The van der Waals surface area contributed by atoms with E-state index in [4.69, 9.17) is 5.26 Å². The van der Waals surface area contributed by atoms with Crippen LogP contribution in [0.5, 0.6) is 0 Å². The summed E-state index contributed by atoms with van der Waals surface area (Å²) in [6.07, 6.45) is 8.14. The number of aromatic nitrogens is 2. The minimum atomic E-state index is 0.189. The molecular weight excluding hydrogens is 174 g/mol. The summed E-state index contributed by atoms with van der Waals surface area (Å²) in [6.45, 7) is 2.11. The molecule has 0 radical (unpaired) electrons. The summed E-state index contributed by atoms with van der Waals surface area (Å²) >= 11 is 0. The molecule has 0 saturated heterocycles. The van der Waals surface area contributed by atoms with E-state index in [0.717, 1.165) is 25.1 Å². The second-order valence-corrected chi connectivity index (χ2v) is 3.84. The lowest BCUT2D eigenvalue weighted by atomic mass is 10.1. The third-order valence-electron chi connectivity index (χ3n) is 3.07. The van der Waals surface area contributed by atoms with Gasteiger partial charge in [0.1, 0.15) is 5.82 Å². The summed E-state index contributed by atoms with van der Waals surface area (Å²) in [5, 5.41) is 9.02. The van der Waals surface area contributed by atoms with Gasteiger partial charge in [-0.15, -0.1) is 0 Å². The summed E-state index contributed by atoms with van der Waals surface area (Å²) in [7, 11) is 0. The van der Waals surface area contributed by atoms with Crippen LogP contribution in [-0.4, -0.2) is 9.55 Å². The molecule has 1 aliphatic carbocycles. The van der Waals surface area contributed by atoms with E-state index in [1.807, 2.05) is 12.4 Å². The Morgan fingerprint density at radius 1 is 1.64 bits per heavy atom. The van der Waals surface area contributed by atoms with E-state index >= 15 is 0 Å². The van der Waals surface area contributed by atoms with E-state index in [1.165, 1.54) is 6.42 Å². The van der Waals surface area contributed by atoms with Crippen molar-refractivity contribution in [2.24, 2.45) is 5.92 Å². The van der Waals surface area contributed by atoms with Crippen LogP contribution in [0.15, 0.2) is 12.4 Å². The van der Waals surface area contributed by atoms with Crippen molar-refractivity contribution in [1.29, 1.82) is 5.26 Å². The van der Waals surface area contributed by atoms with E-state index in [9.17, 15) is 0 Å². The molecule has 1 saturated carbocycles. The smallest absolute Gasteiger partial charge is 0.108 e. The number of hydrogen-bond acceptors (Lipinski definition) is 2. The van der Waals surface area contributed by atoms with E-state index in [-0.39, 0.29) is 5.92 Å². The van der Waals surface area contributed by atoms with Gasteiger partial charge >= 0.3 is 0 Å². The van der Waals surface area contributed by atoms with Gasteiger partial charge in [-0.25, -0.2) is 4.98 Å². The molecule has 1 aliphatic rings. The molecule has 74 valence electrons. The molecular formula is C11H15N3. The van der Waals surface area contributed by atoms with Crippen LogP contribution in [-0.2, 0) is 6.42 Å². The van der Waals surface area contributed by atoms with Crippen molar-refractivity contribution in [2.75, 3.05) is 0 Å². The Bertz CT molecular complexity index is 348. The fourth-order valence-electron chi connectivity index (χ4n) is 2.34.